The number of carbonyl (C=O) groups is 2. The maximum Gasteiger partial charge on any atom is 0.308 e. The van der Waals surface area contributed by atoms with Gasteiger partial charge in [0.05, 0.1) is 0 Å². The first-order valence-electron chi connectivity index (χ1n) is 10.7. The van der Waals surface area contributed by atoms with Crippen LogP contribution < -0.4 is 14.8 Å². The molecule has 0 aliphatic carbocycles. The highest BCUT2D eigenvalue weighted by Gasteiger charge is 2.40. The summed E-state index contributed by atoms with van der Waals surface area (Å²) in [7, 11) is 0. The molecule has 5 heteroatoms. The summed E-state index contributed by atoms with van der Waals surface area (Å²) in [5.41, 5.74) is 4.73. The number of hydrogen-bond acceptors (Lipinski definition) is 4. The van der Waals surface area contributed by atoms with Gasteiger partial charge in [0, 0.05) is 24.6 Å². The zero-order valence-electron chi connectivity index (χ0n) is 19.9. The molecule has 166 valence electrons. The molecule has 31 heavy (non-hydrogen) atoms. The number of hydrogen-bond donors (Lipinski definition) is 1. The molecule has 0 fully saturated rings. The van der Waals surface area contributed by atoms with Crippen molar-refractivity contribution in [3.8, 4) is 11.5 Å². The number of anilines is 1. The van der Waals surface area contributed by atoms with E-state index in [1.807, 2.05) is 39.0 Å². The van der Waals surface area contributed by atoms with E-state index in [4.69, 9.17) is 9.47 Å². The molecule has 1 aliphatic rings. The zero-order chi connectivity index (χ0) is 23.1. The van der Waals surface area contributed by atoms with Gasteiger partial charge in [-0.25, -0.2) is 0 Å². The summed E-state index contributed by atoms with van der Waals surface area (Å²) in [5.74, 6) is 0.712. The molecule has 1 atom stereocenters. The lowest BCUT2D eigenvalue weighted by molar-refractivity contribution is -0.132. The monoisotopic (exact) mass is 423 g/mol. The highest BCUT2D eigenvalue weighted by molar-refractivity contribution is 5.98. The van der Waals surface area contributed by atoms with Gasteiger partial charge in [0.1, 0.15) is 11.5 Å². The van der Waals surface area contributed by atoms with Crippen molar-refractivity contribution in [3.63, 3.8) is 0 Å². The van der Waals surface area contributed by atoms with E-state index in [0.717, 1.165) is 27.9 Å². The predicted octanol–water partition coefficient (Wildman–Crippen LogP) is 5.56. The number of rotatable bonds is 3. The second-order valence-electron chi connectivity index (χ2n) is 9.84. The number of nitrogens with one attached hydrogen (secondary N) is 1. The first-order valence-corrected chi connectivity index (χ1v) is 10.7. The van der Waals surface area contributed by atoms with Crippen LogP contribution in [0.5, 0.6) is 11.5 Å². The standard InChI is InChI=1S/C26H33NO4/c1-15-11-17(3)21(12-16(15)2)27-24(29)26(8)10-9-19-13-23(30-18(4)28)20(25(5,6)7)14-22(19)31-26/h11-14H,9-10H2,1-8H3,(H,27,29). The SMILES string of the molecule is CC(=O)Oc1cc2c(cc1C(C)(C)C)OC(C)(C(=O)Nc1cc(C)c(C)cc1C)CC2. The van der Waals surface area contributed by atoms with Crippen LogP contribution in [0.1, 0.15) is 68.9 Å². The van der Waals surface area contributed by atoms with Crippen LogP contribution in [0.15, 0.2) is 24.3 Å². The third kappa shape index (κ3) is 4.76. The molecule has 0 spiro atoms. The Morgan fingerprint density at radius 2 is 1.68 bits per heavy atom. The van der Waals surface area contributed by atoms with E-state index >= 15 is 0 Å². The van der Waals surface area contributed by atoms with Gasteiger partial charge in [0.15, 0.2) is 5.60 Å². The Hall–Kier alpha value is -2.82. The van der Waals surface area contributed by atoms with Crippen molar-refractivity contribution in [3.05, 3.63) is 52.1 Å². The summed E-state index contributed by atoms with van der Waals surface area (Å²) in [6.07, 6.45) is 1.19. The fourth-order valence-corrected chi connectivity index (χ4v) is 3.89. The maximum atomic E-state index is 13.2. The number of ether oxygens (including phenoxy) is 2. The molecule has 0 bridgehead atoms. The third-order valence-corrected chi connectivity index (χ3v) is 6.00. The van der Waals surface area contributed by atoms with Gasteiger partial charge in [-0.05, 0) is 80.0 Å². The smallest absolute Gasteiger partial charge is 0.308 e. The van der Waals surface area contributed by atoms with Gasteiger partial charge < -0.3 is 14.8 Å². The lowest BCUT2D eigenvalue weighted by Gasteiger charge is -2.36. The van der Waals surface area contributed by atoms with Crippen molar-refractivity contribution < 1.29 is 19.1 Å². The Morgan fingerprint density at radius 3 is 2.29 bits per heavy atom. The first-order chi connectivity index (χ1) is 14.3. The topological polar surface area (TPSA) is 64.6 Å². The quantitative estimate of drug-likeness (QED) is 0.519. The minimum atomic E-state index is -0.990. The van der Waals surface area contributed by atoms with Crippen LogP contribution in [0, 0.1) is 20.8 Å². The minimum Gasteiger partial charge on any atom is -0.477 e. The second-order valence-corrected chi connectivity index (χ2v) is 9.84. The summed E-state index contributed by atoms with van der Waals surface area (Å²) in [4.78, 5) is 24.8. The molecular weight excluding hydrogens is 390 g/mol. The van der Waals surface area contributed by atoms with Gasteiger partial charge >= 0.3 is 5.97 Å². The minimum absolute atomic E-state index is 0.161. The summed E-state index contributed by atoms with van der Waals surface area (Å²) in [6.45, 7) is 15.5. The van der Waals surface area contributed by atoms with Crippen LogP contribution in [0.3, 0.4) is 0 Å². The molecule has 1 unspecified atom stereocenters. The zero-order valence-corrected chi connectivity index (χ0v) is 19.9. The van der Waals surface area contributed by atoms with E-state index in [1.54, 1.807) is 0 Å². The van der Waals surface area contributed by atoms with Crippen molar-refractivity contribution in [2.45, 2.75) is 79.2 Å². The Kier molecular flexibility index (Phi) is 5.92. The fraction of sp³-hybridized carbons (Fsp3) is 0.462. The normalized spacial score (nSPS) is 18.1. The summed E-state index contributed by atoms with van der Waals surface area (Å²) in [5, 5.41) is 3.07. The molecular formula is C26H33NO4. The Labute approximate surface area is 185 Å². The van der Waals surface area contributed by atoms with E-state index in [9.17, 15) is 9.59 Å². The molecule has 0 saturated carbocycles. The molecule has 1 amide bonds. The van der Waals surface area contributed by atoms with Crippen LogP contribution >= 0.6 is 0 Å². The Balaban J connectivity index is 1.92. The van der Waals surface area contributed by atoms with E-state index < -0.39 is 5.60 Å². The van der Waals surface area contributed by atoms with Gasteiger partial charge in [-0.3, -0.25) is 9.59 Å². The number of amides is 1. The van der Waals surface area contributed by atoms with Gasteiger partial charge in [-0.1, -0.05) is 26.8 Å². The van der Waals surface area contributed by atoms with Crippen molar-refractivity contribution in [2.24, 2.45) is 0 Å². The number of aryl methyl sites for hydroxylation is 4. The molecule has 0 saturated heterocycles. The third-order valence-electron chi connectivity index (χ3n) is 6.00. The molecule has 0 radical (unpaired) electrons. The average Bonchev–Trinajstić information content (AvgIpc) is 2.64. The average molecular weight is 424 g/mol. The largest absolute Gasteiger partial charge is 0.477 e. The van der Waals surface area contributed by atoms with E-state index in [1.165, 1.54) is 12.5 Å². The van der Waals surface area contributed by atoms with E-state index in [-0.39, 0.29) is 17.3 Å². The van der Waals surface area contributed by atoms with E-state index in [0.29, 0.717) is 24.3 Å². The Bertz CT molecular complexity index is 1050. The fourth-order valence-electron chi connectivity index (χ4n) is 3.89. The summed E-state index contributed by atoms with van der Waals surface area (Å²) >= 11 is 0. The van der Waals surface area contributed by atoms with Gasteiger partial charge in [-0.15, -0.1) is 0 Å². The molecule has 1 aliphatic heterocycles. The highest BCUT2D eigenvalue weighted by atomic mass is 16.5. The Morgan fingerprint density at radius 1 is 1.03 bits per heavy atom. The summed E-state index contributed by atoms with van der Waals surface area (Å²) in [6, 6.07) is 7.88. The molecule has 0 aromatic heterocycles. The van der Waals surface area contributed by atoms with Crippen LogP contribution in [-0.2, 0) is 21.4 Å². The number of benzene rings is 2. The van der Waals surface area contributed by atoms with Crippen molar-refractivity contribution in [2.75, 3.05) is 5.32 Å². The van der Waals surface area contributed by atoms with Crippen LogP contribution in [0.2, 0.25) is 0 Å². The van der Waals surface area contributed by atoms with Crippen molar-refractivity contribution in [1.82, 2.24) is 0 Å². The molecule has 2 aromatic rings. The van der Waals surface area contributed by atoms with Crippen molar-refractivity contribution >= 4 is 17.6 Å². The predicted molar refractivity (Wildman–Crippen MR) is 123 cm³/mol. The molecule has 5 nitrogen and oxygen atoms in total. The summed E-state index contributed by atoms with van der Waals surface area (Å²) < 4.78 is 11.8. The van der Waals surface area contributed by atoms with Gasteiger partial charge in [0.25, 0.3) is 5.91 Å². The lowest BCUT2D eigenvalue weighted by Crippen LogP contribution is -2.48. The van der Waals surface area contributed by atoms with E-state index in [2.05, 4.69) is 39.1 Å². The maximum absolute atomic E-state index is 13.2. The van der Waals surface area contributed by atoms with Gasteiger partial charge in [0.2, 0.25) is 0 Å². The second kappa shape index (κ2) is 8.03. The first kappa shape index (κ1) is 22.9. The van der Waals surface area contributed by atoms with Crippen LogP contribution in [0.25, 0.3) is 0 Å². The molecule has 3 rings (SSSR count). The number of esters is 1. The number of fused-ring (bicyclic) bond motifs is 1. The molecule has 1 heterocycles. The molecule has 2 aromatic carbocycles. The van der Waals surface area contributed by atoms with Crippen LogP contribution in [0.4, 0.5) is 5.69 Å². The lowest BCUT2D eigenvalue weighted by atomic mass is 9.83. The van der Waals surface area contributed by atoms with Crippen LogP contribution in [-0.4, -0.2) is 17.5 Å². The highest BCUT2D eigenvalue weighted by Crippen LogP contribution is 2.42. The van der Waals surface area contributed by atoms with Crippen molar-refractivity contribution in [1.29, 1.82) is 0 Å². The van der Waals surface area contributed by atoms with Gasteiger partial charge in [-0.2, -0.15) is 0 Å². The molecule has 1 N–H and O–H groups in total. The number of carbonyl (C=O) groups excluding carboxylic acids is 2.